The molecule has 1 aromatic carbocycles. The minimum atomic E-state index is -0.621. The molecular weight excluding hydrogens is 254 g/mol. The number of nitro benzene ring substituents is 1. The van der Waals surface area contributed by atoms with Crippen LogP contribution in [0.4, 0.5) is 5.69 Å². The van der Waals surface area contributed by atoms with Crippen molar-refractivity contribution in [3.8, 4) is 0 Å². The topological polar surface area (TPSA) is 69.4 Å². The van der Waals surface area contributed by atoms with Gasteiger partial charge in [-0.25, -0.2) is 4.79 Å². The number of ether oxygens (including phenoxy) is 1. The van der Waals surface area contributed by atoms with Gasteiger partial charge in [0.05, 0.1) is 15.4 Å². The molecule has 5 nitrogen and oxygen atoms in total. The zero-order chi connectivity index (χ0) is 13.9. The highest BCUT2D eigenvalue weighted by atomic mass is 32.2. The lowest BCUT2D eigenvalue weighted by atomic mass is 10.1. The molecule has 0 unspecified atom stereocenters. The number of esters is 1. The number of benzene rings is 1. The van der Waals surface area contributed by atoms with Gasteiger partial charge in [0.1, 0.15) is 5.60 Å². The van der Waals surface area contributed by atoms with Crippen molar-refractivity contribution in [2.24, 2.45) is 0 Å². The fourth-order valence-electron chi connectivity index (χ4n) is 1.30. The molecule has 98 valence electrons. The zero-order valence-corrected chi connectivity index (χ0v) is 11.5. The molecule has 0 aliphatic rings. The van der Waals surface area contributed by atoms with E-state index in [1.54, 1.807) is 33.1 Å². The van der Waals surface area contributed by atoms with Crippen molar-refractivity contribution in [1.29, 1.82) is 0 Å². The van der Waals surface area contributed by atoms with E-state index in [1.807, 2.05) is 0 Å². The quantitative estimate of drug-likeness (QED) is 0.364. The van der Waals surface area contributed by atoms with E-state index in [9.17, 15) is 14.9 Å². The Balaban J connectivity index is 3.09. The summed E-state index contributed by atoms with van der Waals surface area (Å²) in [5.41, 5.74) is -0.510. The summed E-state index contributed by atoms with van der Waals surface area (Å²) in [5, 5.41) is 10.9. The molecule has 0 saturated heterocycles. The summed E-state index contributed by atoms with van der Waals surface area (Å²) in [6.45, 7) is 5.24. The van der Waals surface area contributed by atoms with Gasteiger partial charge < -0.3 is 4.74 Å². The Hall–Kier alpha value is -1.56. The number of carbonyl (C=O) groups excluding carboxylic acids is 1. The molecule has 0 bridgehead atoms. The summed E-state index contributed by atoms with van der Waals surface area (Å²) >= 11 is 1.26. The summed E-state index contributed by atoms with van der Waals surface area (Å²) < 4.78 is 5.16. The SMILES string of the molecule is CSc1ccc(C(=O)OC(C)(C)C)cc1[N+](=O)[O-]. The third-order valence-corrected chi connectivity index (χ3v) is 2.80. The van der Waals surface area contributed by atoms with E-state index in [1.165, 1.54) is 23.9 Å². The summed E-state index contributed by atoms with van der Waals surface area (Å²) in [5.74, 6) is -0.557. The predicted octanol–water partition coefficient (Wildman–Crippen LogP) is 3.27. The van der Waals surface area contributed by atoms with Crippen LogP contribution in [0.25, 0.3) is 0 Å². The highest BCUT2D eigenvalue weighted by molar-refractivity contribution is 7.98. The third-order valence-electron chi connectivity index (χ3n) is 2.01. The first kappa shape index (κ1) is 14.5. The highest BCUT2D eigenvalue weighted by Crippen LogP contribution is 2.28. The predicted molar refractivity (Wildman–Crippen MR) is 70.0 cm³/mol. The van der Waals surface area contributed by atoms with Crippen molar-refractivity contribution < 1.29 is 14.5 Å². The molecule has 0 aliphatic carbocycles. The van der Waals surface area contributed by atoms with Crippen LogP contribution in [0.1, 0.15) is 31.1 Å². The minimum absolute atomic E-state index is 0.0779. The lowest BCUT2D eigenvalue weighted by molar-refractivity contribution is -0.387. The van der Waals surface area contributed by atoms with E-state index in [4.69, 9.17) is 4.74 Å². The monoisotopic (exact) mass is 269 g/mol. The van der Waals surface area contributed by atoms with E-state index in [2.05, 4.69) is 0 Å². The second-order valence-electron chi connectivity index (χ2n) is 4.65. The molecule has 0 radical (unpaired) electrons. The van der Waals surface area contributed by atoms with E-state index in [0.29, 0.717) is 4.90 Å². The van der Waals surface area contributed by atoms with Crippen molar-refractivity contribution in [1.82, 2.24) is 0 Å². The fraction of sp³-hybridized carbons (Fsp3) is 0.417. The van der Waals surface area contributed by atoms with Gasteiger partial charge in [0.15, 0.2) is 0 Å². The highest BCUT2D eigenvalue weighted by Gasteiger charge is 2.21. The molecule has 0 aliphatic heterocycles. The van der Waals surface area contributed by atoms with Gasteiger partial charge in [-0.15, -0.1) is 11.8 Å². The lowest BCUT2D eigenvalue weighted by Gasteiger charge is -2.19. The number of nitro groups is 1. The molecule has 0 aromatic heterocycles. The van der Waals surface area contributed by atoms with Crippen LogP contribution in [0.15, 0.2) is 23.1 Å². The fourth-order valence-corrected chi connectivity index (χ4v) is 1.84. The summed E-state index contributed by atoms with van der Waals surface area (Å²) in [6, 6.07) is 4.34. The Labute approximate surface area is 110 Å². The van der Waals surface area contributed by atoms with Crippen molar-refractivity contribution in [2.45, 2.75) is 31.3 Å². The van der Waals surface area contributed by atoms with Crippen molar-refractivity contribution in [3.05, 3.63) is 33.9 Å². The van der Waals surface area contributed by atoms with Crippen LogP contribution >= 0.6 is 11.8 Å². The third kappa shape index (κ3) is 3.73. The van der Waals surface area contributed by atoms with Gasteiger partial charge in [-0.05, 0) is 39.2 Å². The molecule has 0 saturated carbocycles. The number of hydrogen-bond acceptors (Lipinski definition) is 5. The second-order valence-corrected chi connectivity index (χ2v) is 5.49. The molecule has 1 rings (SSSR count). The van der Waals surface area contributed by atoms with Crippen LogP contribution in [0, 0.1) is 10.1 Å². The summed E-state index contributed by atoms with van der Waals surface area (Å²) in [7, 11) is 0. The largest absolute Gasteiger partial charge is 0.456 e. The first-order chi connectivity index (χ1) is 8.24. The molecular formula is C12H15NO4S. The van der Waals surface area contributed by atoms with E-state index < -0.39 is 16.5 Å². The molecule has 18 heavy (non-hydrogen) atoms. The van der Waals surface area contributed by atoms with Gasteiger partial charge >= 0.3 is 5.97 Å². The Kier molecular flexibility index (Phi) is 4.34. The number of rotatable bonds is 3. The normalized spacial score (nSPS) is 11.1. The smallest absolute Gasteiger partial charge is 0.338 e. The Morgan fingerprint density at radius 2 is 2.00 bits per heavy atom. The van der Waals surface area contributed by atoms with Crippen molar-refractivity contribution in [3.63, 3.8) is 0 Å². The minimum Gasteiger partial charge on any atom is -0.456 e. The van der Waals surface area contributed by atoms with E-state index in [-0.39, 0.29) is 11.3 Å². The molecule has 0 atom stereocenters. The Morgan fingerprint density at radius 1 is 1.39 bits per heavy atom. The Morgan fingerprint density at radius 3 is 2.44 bits per heavy atom. The summed E-state index contributed by atoms with van der Waals surface area (Å²) in [4.78, 5) is 22.7. The van der Waals surface area contributed by atoms with Crippen LogP contribution in [-0.4, -0.2) is 22.7 Å². The van der Waals surface area contributed by atoms with Crippen molar-refractivity contribution in [2.75, 3.05) is 6.26 Å². The number of carbonyl (C=O) groups is 1. The molecule has 0 amide bonds. The lowest BCUT2D eigenvalue weighted by Crippen LogP contribution is -2.23. The number of nitrogens with zero attached hydrogens (tertiary/aromatic N) is 1. The molecule has 1 aromatic rings. The van der Waals surface area contributed by atoms with Gasteiger partial charge in [0.25, 0.3) is 5.69 Å². The molecule has 0 fully saturated rings. The van der Waals surface area contributed by atoms with Crippen LogP contribution < -0.4 is 0 Å². The first-order valence-corrected chi connectivity index (χ1v) is 6.53. The van der Waals surface area contributed by atoms with Crippen LogP contribution in [0.2, 0.25) is 0 Å². The van der Waals surface area contributed by atoms with Gasteiger partial charge in [0.2, 0.25) is 0 Å². The summed E-state index contributed by atoms with van der Waals surface area (Å²) in [6.07, 6.45) is 1.75. The van der Waals surface area contributed by atoms with Crippen molar-refractivity contribution >= 4 is 23.4 Å². The zero-order valence-electron chi connectivity index (χ0n) is 10.7. The first-order valence-electron chi connectivity index (χ1n) is 5.30. The number of hydrogen-bond donors (Lipinski definition) is 0. The molecule has 0 N–H and O–H groups in total. The molecule has 6 heteroatoms. The second kappa shape index (κ2) is 5.39. The Bertz CT molecular complexity index is 479. The van der Waals surface area contributed by atoms with Gasteiger partial charge in [-0.3, -0.25) is 10.1 Å². The molecule has 0 spiro atoms. The average Bonchev–Trinajstić information content (AvgIpc) is 2.25. The van der Waals surface area contributed by atoms with Gasteiger partial charge in [-0.2, -0.15) is 0 Å². The van der Waals surface area contributed by atoms with E-state index in [0.717, 1.165) is 0 Å². The maximum absolute atomic E-state index is 11.8. The van der Waals surface area contributed by atoms with Gasteiger partial charge in [0, 0.05) is 6.07 Å². The van der Waals surface area contributed by atoms with E-state index >= 15 is 0 Å². The van der Waals surface area contributed by atoms with Gasteiger partial charge in [-0.1, -0.05) is 0 Å². The van der Waals surface area contributed by atoms with Crippen LogP contribution in [0.5, 0.6) is 0 Å². The molecule has 0 heterocycles. The van der Waals surface area contributed by atoms with Crippen LogP contribution in [-0.2, 0) is 4.74 Å². The van der Waals surface area contributed by atoms with Crippen LogP contribution in [0.3, 0.4) is 0 Å². The number of thioether (sulfide) groups is 1. The standard InChI is InChI=1S/C12H15NO4S/c1-12(2,3)17-11(14)8-5-6-10(18-4)9(7-8)13(15)16/h5-7H,1-4H3. The maximum atomic E-state index is 11.8. The maximum Gasteiger partial charge on any atom is 0.338 e. The average molecular weight is 269 g/mol.